The number of ether oxygens (including phenoxy) is 1. The first-order chi connectivity index (χ1) is 10.3. The molecule has 2 aromatic rings. The van der Waals surface area contributed by atoms with Gasteiger partial charge in [0, 0.05) is 0 Å². The van der Waals surface area contributed by atoms with Gasteiger partial charge in [-0.05, 0) is 35.4 Å². The van der Waals surface area contributed by atoms with Crippen LogP contribution in [-0.4, -0.2) is 7.11 Å². The molecule has 0 aliphatic heterocycles. The van der Waals surface area contributed by atoms with Crippen LogP contribution in [0.15, 0.2) is 54.6 Å². The van der Waals surface area contributed by atoms with Crippen LogP contribution in [0.3, 0.4) is 0 Å². The fraction of sp³-hybridized carbons (Fsp3) is 0.125. The summed E-state index contributed by atoms with van der Waals surface area (Å²) in [6.07, 6.45) is -6.47. The SMILES string of the molecule is COc1ccc(C(=C(F)F)c2ccc(C(F)(F)F)cc2)cc1. The minimum atomic E-state index is -4.50. The summed E-state index contributed by atoms with van der Waals surface area (Å²) in [5.74, 6) is 0.495. The Morgan fingerprint density at radius 3 is 1.64 bits per heavy atom. The maximum Gasteiger partial charge on any atom is 0.416 e. The Kier molecular flexibility index (Phi) is 4.49. The average Bonchev–Trinajstić information content (AvgIpc) is 2.47. The predicted molar refractivity (Wildman–Crippen MR) is 72.7 cm³/mol. The van der Waals surface area contributed by atoms with Crippen LogP contribution < -0.4 is 4.74 Å². The molecule has 0 bridgehead atoms. The zero-order valence-electron chi connectivity index (χ0n) is 11.4. The van der Waals surface area contributed by atoms with E-state index in [0.29, 0.717) is 5.75 Å². The zero-order chi connectivity index (χ0) is 16.3. The fourth-order valence-corrected chi connectivity index (χ4v) is 1.97. The topological polar surface area (TPSA) is 9.23 Å². The largest absolute Gasteiger partial charge is 0.497 e. The van der Waals surface area contributed by atoms with E-state index in [-0.39, 0.29) is 11.1 Å². The minimum absolute atomic E-state index is 0.0122. The highest BCUT2D eigenvalue weighted by Crippen LogP contribution is 2.33. The molecule has 0 atom stereocenters. The Morgan fingerprint density at radius 1 is 0.818 bits per heavy atom. The third kappa shape index (κ3) is 3.44. The number of hydrogen-bond donors (Lipinski definition) is 0. The van der Waals surface area contributed by atoms with Gasteiger partial charge in [-0.2, -0.15) is 22.0 Å². The van der Waals surface area contributed by atoms with Crippen molar-refractivity contribution in [2.45, 2.75) is 6.18 Å². The average molecular weight is 314 g/mol. The van der Waals surface area contributed by atoms with Gasteiger partial charge in [0.25, 0.3) is 6.08 Å². The summed E-state index contributed by atoms with van der Waals surface area (Å²) in [7, 11) is 1.44. The second kappa shape index (κ2) is 6.17. The highest BCUT2D eigenvalue weighted by Gasteiger charge is 2.30. The van der Waals surface area contributed by atoms with E-state index < -0.39 is 23.4 Å². The van der Waals surface area contributed by atoms with Gasteiger partial charge >= 0.3 is 6.18 Å². The molecule has 0 fully saturated rings. The number of rotatable bonds is 3. The van der Waals surface area contributed by atoms with Crippen molar-refractivity contribution < 1.29 is 26.7 Å². The second-order valence-electron chi connectivity index (χ2n) is 4.44. The van der Waals surface area contributed by atoms with Gasteiger partial charge in [0.1, 0.15) is 5.75 Å². The first-order valence-electron chi connectivity index (χ1n) is 6.20. The predicted octanol–water partition coefficient (Wildman–Crippen LogP) is 5.37. The van der Waals surface area contributed by atoms with Crippen molar-refractivity contribution >= 4 is 5.57 Å². The number of hydrogen-bond acceptors (Lipinski definition) is 1. The molecule has 2 rings (SSSR count). The molecule has 0 radical (unpaired) electrons. The Labute approximate surface area is 123 Å². The lowest BCUT2D eigenvalue weighted by molar-refractivity contribution is -0.137. The number of alkyl halides is 3. The third-order valence-electron chi connectivity index (χ3n) is 3.07. The molecule has 0 aliphatic carbocycles. The fourth-order valence-electron chi connectivity index (χ4n) is 1.97. The van der Waals surface area contributed by atoms with Crippen molar-refractivity contribution in [3.63, 3.8) is 0 Å². The van der Waals surface area contributed by atoms with E-state index in [1.54, 1.807) is 0 Å². The van der Waals surface area contributed by atoms with Crippen LogP contribution in [0, 0.1) is 0 Å². The molecule has 2 aromatic carbocycles. The van der Waals surface area contributed by atoms with Crippen LogP contribution in [0.1, 0.15) is 16.7 Å². The van der Waals surface area contributed by atoms with Crippen molar-refractivity contribution in [1.29, 1.82) is 0 Å². The number of methoxy groups -OCH3 is 1. The summed E-state index contributed by atoms with van der Waals surface area (Å²) in [6, 6.07) is 9.47. The normalized spacial score (nSPS) is 11.2. The van der Waals surface area contributed by atoms with E-state index >= 15 is 0 Å². The highest BCUT2D eigenvalue weighted by atomic mass is 19.4. The third-order valence-corrected chi connectivity index (χ3v) is 3.07. The molecule has 0 unspecified atom stereocenters. The summed E-state index contributed by atoms with van der Waals surface area (Å²) in [6.45, 7) is 0. The van der Waals surface area contributed by atoms with Crippen LogP contribution >= 0.6 is 0 Å². The maximum atomic E-state index is 13.2. The van der Waals surface area contributed by atoms with E-state index in [2.05, 4.69) is 0 Å². The van der Waals surface area contributed by atoms with Crippen LogP contribution in [0.5, 0.6) is 5.75 Å². The summed E-state index contributed by atoms with van der Waals surface area (Å²) in [4.78, 5) is 0. The van der Waals surface area contributed by atoms with Crippen LogP contribution in [0.25, 0.3) is 5.57 Å². The van der Waals surface area contributed by atoms with Gasteiger partial charge in [-0.15, -0.1) is 0 Å². The molecule has 6 heteroatoms. The Hall–Kier alpha value is -2.37. The Bertz CT molecular complexity index is 665. The smallest absolute Gasteiger partial charge is 0.416 e. The van der Waals surface area contributed by atoms with E-state index in [9.17, 15) is 22.0 Å². The first-order valence-corrected chi connectivity index (χ1v) is 6.20. The molecule has 0 heterocycles. The maximum absolute atomic E-state index is 13.2. The molecule has 116 valence electrons. The van der Waals surface area contributed by atoms with E-state index in [1.807, 2.05) is 0 Å². The summed E-state index contributed by atoms with van der Waals surface area (Å²) in [5.41, 5.74) is -1.08. The molecule has 0 amide bonds. The Morgan fingerprint density at radius 2 is 1.27 bits per heavy atom. The molecule has 0 saturated heterocycles. The van der Waals surface area contributed by atoms with Gasteiger partial charge in [0.05, 0.1) is 18.2 Å². The van der Waals surface area contributed by atoms with Crippen LogP contribution in [-0.2, 0) is 6.18 Å². The Balaban J connectivity index is 2.43. The molecule has 0 N–H and O–H groups in total. The van der Waals surface area contributed by atoms with E-state index in [1.165, 1.54) is 31.4 Å². The van der Waals surface area contributed by atoms with Crippen molar-refractivity contribution in [1.82, 2.24) is 0 Å². The molecule has 22 heavy (non-hydrogen) atoms. The molecule has 0 spiro atoms. The van der Waals surface area contributed by atoms with Gasteiger partial charge in [-0.3, -0.25) is 0 Å². The highest BCUT2D eigenvalue weighted by molar-refractivity contribution is 5.80. The molecular weight excluding hydrogens is 303 g/mol. The number of benzene rings is 2. The molecule has 0 aliphatic rings. The quantitative estimate of drug-likeness (QED) is 0.692. The minimum Gasteiger partial charge on any atom is -0.497 e. The van der Waals surface area contributed by atoms with Gasteiger partial charge in [0.2, 0.25) is 0 Å². The van der Waals surface area contributed by atoms with Gasteiger partial charge < -0.3 is 4.74 Å². The van der Waals surface area contributed by atoms with E-state index in [4.69, 9.17) is 4.74 Å². The zero-order valence-corrected chi connectivity index (χ0v) is 11.4. The summed E-state index contributed by atoms with van der Waals surface area (Å²) >= 11 is 0. The first kappa shape index (κ1) is 16.0. The van der Waals surface area contributed by atoms with Gasteiger partial charge in [-0.1, -0.05) is 24.3 Å². The lowest BCUT2D eigenvalue weighted by Gasteiger charge is -2.10. The molecule has 0 saturated carbocycles. The monoisotopic (exact) mass is 314 g/mol. The standard InChI is InChI=1S/C16H11F5O/c1-22-13-8-4-11(5-9-13)14(15(17)18)10-2-6-12(7-3-10)16(19,20)21/h2-9H,1H3. The van der Waals surface area contributed by atoms with Crippen molar-refractivity contribution in [3.8, 4) is 5.75 Å². The summed E-state index contributed by atoms with van der Waals surface area (Å²) < 4.78 is 68.9. The van der Waals surface area contributed by atoms with Crippen molar-refractivity contribution in [3.05, 3.63) is 71.3 Å². The molecular formula is C16H11F5O. The van der Waals surface area contributed by atoms with E-state index in [0.717, 1.165) is 24.3 Å². The molecule has 0 aromatic heterocycles. The van der Waals surface area contributed by atoms with Crippen molar-refractivity contribution in [2.24, 2.45) is 0 Å². The second-order valence-corrected chi connectivity index (χ2v) is 4.44. The molecule has 1 nitrogen and oxygen atoms in total. The summed E-state index contributed by atoms with van der Waals surface area (Å²) in [5, 5.41) is 0. The van der Waals surface area contributed by atoms with Crippen molar-refractivity contribution in [2.75, 3.05) is 7.11 Å². The van der Waals surface area contributed by atoms with Crippen LogP contribution in [0.4, 0.5) is 22.0 Å². The lowest BCUT2D eigenvalue weighted by Crippen LogP contribution is -2.04. The van der Waals surface area contributed by atoms with Gasteiger partial charge in [0.15, 0.2) is 0 Å². The lowest BCUT2D eigenvalue weighted by atomic mass is 9.98. The number of halogens is 5. The van der Waals surface area contributed by atoms with Crippen LogP contribution in [0.2, 0.25) is 0 Å². The van der Waals surface area contributed by atoms with Gasteiger partial charge in [-0.25, -0.2) is 0 Å².